The van der Waals surface area contributed by atoms with E-state index in [0.717, 1.165) is 55.2 Å². The predicted molar refractivity (Wildman–Crippen MR) is 140 cm³/mol. The number of hydrogen-bond donors (Lipinski definition) is 1. The zero-order valence-electron chi connectivity index (χ0n) is 21.2. The molecule has 0 atom stereocenters. The van der Waals surface area contributed by atoms with Crippen molar-refractivity contribution >= 4 is 11.3 Å². The van der Waals surface area contributed by atoms with Gasteiger partial charge in [0.1, 0.15) is 23.1 Å². The number of nitrogens with one attached hydrogen (secondary N) is 1. The molecule has 0 amide bonds. The van der Waals surface area contributed by atoms with E-state index in [1.54, 1.807) is 18.2 Å². The van der Waals surface area contributed by atoms with Crippen molar-refractivity contribution in [2.75, 3.05) is 26.7 Å². The Labute approximate surface area is 226 Å². The molecule has 1 aliphatic rings. The first-order chi connectivity index (χ1) is 18.8. The fourth-order valence-electron chi connectivity index (χ4n) is 4.54. The first kappa shape index (κ1) is 26.9. The first-order valence-corrected chi connectivity index (χ1v) is 13.4. The van der Waals surface area contributed by atoms with Crippen molar-refractivity contribution in [1.82, 2.24) is 20.0 Å². The summed E-state index contributed by atoms with van der Waals surface area (Å²) in [6.45, 7) is 3.45. The molecule has 0 unspecified atom stereocenters. The second-order valence-electron chi connectivity index (χ2n) is 9.21. The second-order valence-corrected chi connectivity index (χ2v) is 10.3. The third kappa shape index (κ3) is 6.51. The molecule has 0 aliphatic carbocycles. The molecular formula is C27H27F3N4O4S. The van der Waals surface area contributed by atoms with E-state index in [2.05, 4.69) is 19.6 Å². The summed E-state index contributed by atoms with van der Waals surface area (Å²) in [5, 5.41) is 4.35. The van der Waals surface area contributed by atoms with E-state index in [4.69, 9.17) is 14.5 Å². The maximum atomic E-state index is 13.0. The number of halogens is 3. The molecule has 2 aromatic carbocycles. The van der Waals surface area contributed by atoms with E-state index in [1.165, 1.54) is 43.4 Å². The van der Waals surface area contributed by atoms with Gasteiger partial charge in [0.25, 0.3) is 0 Å². The van der Waals surface area contributed by atoms with Crippen molar-refractivity contribution in [2.24, 2.45) is 0 Å². The summed E-state index contributed by atoms with van der Waals surface area (Å²) in [4.78, 5) is 22.0. The van der Waals surface area contributed by atoms with Gasteiger partial charge in [-0.15, -0.1) is 11.3 Å². The van der Waals surface area contributed by atoms with Crippen LogP contribution in [0, 0.1) is 0 Å². The van der Waals surface area contributed by atoms with E-state index in [-0.39, 0.29) is 12.4 Å². The van der Waals surface area contributed by atoms with E-state index >= 15 is 0 Å². The van der Waals surface area contributed by atoms with Crippen LogP contribution in [0.15, 0.2) is 51.8 Å². The number of likely N-dealkylation sites (tertiary alicyclic amines) is 1. The van der Waals surface area contributed by atoms with Crippen molar-refractivity contribution in [3.63, 3.8) is 0 Å². The van der Waals surface area contributed by atoms with Gasteiger partial charge in [-0.05, 0) is 69.6 Å². The molecule has 3 heterocycles. The zero-order chi connectivity index (χ0) is 27.4. The SMILES string of the molecule is COc1cc(OCc2sc(-c3ccc(C(F)(F)F)cc3)nc2CCCN2CCCC2)ccc1-c1noc(=O)[nH]1. The van der Waals surface area contributed by atoms with Crippen LogP contribution < -0.4 is 15.2 Å². The Morgan fingerprint density at radius 3 is 2.56 bits per heavy atom. The minimum atomic E-state index is -4.39. The van der Waals surface area contributed by atoms with Crippen LogP contribution in [0.3, 0.4) is 0 Å². The lowest BCUT2D eigenvalue weighted by Gasteiger charge is -2.14. The fourth-order valence-corrected chi connectivity index (χ4v) is 5.57. The summed E-state index contributed by atoms with van der Waals surface area (Å²) < 4.78 is 55.2. The van der Waals surface area contributed by atoms with Crippen LogP contribution in [0.5, 0.6) is 11.5 Å². The highest BCUT2D eigenvalue weighted by Crippen LogP contribution is 2.35. The number of rotatable bonds is 10. The number of nitrogens with zero attached hydrogens (tertiary/aromatic N) is 3. The maximum Gasteiger partial charge on any atom is 0.439 e. The molecule has 5 rings (SSSR count). The number of aromatic nitrogens is 3. The molecule has 4 aromatic rings. The number of hydrogen-bond acceptors (Lipinski definition) is 8. The van der Waals surface area contributed by atoms with Gasteiger partial charge >= 0.3 is 11.9 Å². The number of aryl methyl sites for hydroxylation is 1. The Balaban J connectivity index is 1.34. The lowest BCUT2D eigenvalue weighted by atomic mass is 10.1. The topological polar surface area (TPSA) is 93.5 Å². The molecule has 0 spiro atoms. The molecule has 8 nitrogen and oxygen atoms in total. The van der Waals surface area contributed by atoms with Crippen LogP contribution in [0.1, 0.15) is 35.4 Å². The Morgan fingerprint density at radius 2 is 1.90 bits per heavy atom. The molecule has 12 heteroatoms. The highest BCUT2D eigenvalue weighted by molar-refractivity contribution is 7.15. The number of benzene rings is 2. The van der Waals surface area contributed by atoms with Gasteiger partial charge in [-0.2, -0.15) is 13.2 Å². The lowest BCUT2D eigenvalue weighted by Crippen LogP contribution is -2.20. The van der Waals surface area contributed by atoms with Gasteiger partial charge in [0.15, 0.2) is 5.82 Å². The van der Waals surface area contributed by atoms with Gasteiger partial charge in [-0.25, -0.2) is 9.78 Å². The molecule has 0 bridgehead atoms. The van der Waals surface area contributed by atoms with Crippen molar-refractivity contribution in [3.05, 3.63) is 69.1 Å². The van der Waals surface area contributed by atoms with Gasteiger partial charge in [0, 0.05) is 11.6 Å². The normalized spacial score (nSPS) is 14.2. The molecule has 39 heavy (non-hydrogen) atoms. The molecule has 0 saturated carbocycles. The smallest absolute Gasteiger partial charge is 0.439 e. The van der Waals surface area contributed by atoms with E-state index in [9.17, 15) is 18.0 Å². The Kier molecular flexibility index (Phi) is 8.03. The van der Waals surface area contributed by atoms with E-state index in [1.807, 2.05) is 0 Å². The number of methoxy groups -OCH3 is 1. The van der Waals surface area contributed by atoms with Crippen LogP contribution in [0.2, 0.25) is 0 Å². The fraction of sp³-hybridized carbons (Fsp3) is 0.370. The molecule has 1 aliphatic heterocycles. The first-order valence-electron chi connectivity index (χ1n) is 12.6. The number of alkyl halides is 3. The standard InChI is InChI=1S/C27H27F3N4O4S/c1-36-22-15-19(10-11-20(22)24-32-26(35)38-33-24)37-16-23-21(5-4-14-34-12-2-3-13-34)31-25(39-23)17-6-8-18(9-7-17)27(28,29)30/h6-11,15H,2-5,12-14,16H2,1H3,(H,32,33,35). The third-order valence-corrected chi connectivity index (χ3v) is 7.68. The highest BCUT2D eigenvalue weighted by atomic mass is 32.1. The minimum absolute atomic E-state index is 0.237. The highest BCUT2D eigenvalue weighted by Gasteiger charge is 2.30. The maximum absolute atomic E-state index is 13.0. The molecule has 206 valence electrons. The quantitative estimate of drug-likeness (QED) is 0.263. The average Bonchev–Trinajstić information content (AvgIpc) is 3.69. The average molecular weight is 561 g/mol. The van der Waals surface area contributed by atoms with Gasteiger partial charge in [0.05, 0.1) is 28.8 Å². The number of H-pyrrole nitrogens is 1. The van der Waals surface area contributed by atoms with Gasteiger partial charge < -0.3 is 14.4 Å². The number of thiazole rings is 1. The van der Waals surface area contributed by atoms with E-state index in [0.29, 0.717) is 27.6 Å². The summed E-state index contributed by atoms with van der Waals surface area (Å²) >= 11 is 1.42. The number of aromatic amines is 1. The summed E-state index contributed by atoms with van der Waals surface area (Å²) in [6.07, 6.45) is -0.262. The summed E-state index contributed by atoms with van der Waals surface area (Å²) in [5.41, 5.74) is 1.37. The molecule has 1 saturated heterocycles. The molecule has 1 N–H and O–H groups in total. The molecular weight excluding hydrogens is 533 g/mol. The van der Waals surface area contributed by atoms with Crippen LogP contribution in [-0.2, 0) is 19.2 Å². The minimum Gasteiger partial charge on any atom is -0.496 e. The van der Waals surface area contributed by atoms with Crippen LogP contribution >= 0.6 is 11.3 Å². The predicted octanol–water partition coefficient (Wildman–Crippen LogP) is 5.79. The van der Waals surface area contributed by atoms with Crippen molar-refractivity contribution in [2.45, 2.75) is 38.5 Å². The third-order valence-electron chi connectivity index (χ3n) is 6.56. The largest absolute Gasteiger partial charge is 0.496 e. The molecule has 1 fully saturated rings. The van der Waals surface area contributed by atoms with Gasteiger partial charge in [0.2, 0.25) is 0 Å². The van der Waals surface area contributed by atoms with Crippen molar-refractivity contribution < 1.29 is 27.2 Å². The van der Waals surface area contributed by atoms with E-state index < -0.39 is 17.5 Å². The van der Waals surface area contributed by atoms with Crippen molar-refractivity contribution in [3.8, 4) is 33.5 Å². The Bertz CT molecular complexity index is 1460. The zero-order valence-corrected chi connectivity index (χ0v) is 22.0. The molecule has 2 aromatic heterocycles. The van der Waals surface area contributed by atoms with Crippen LogP contribution in [0.4, 0.5) is 13.2 Å². The monoisotopic (exact) mass is 560 g/mol. The second kappa shape index (κ2) is 11.6. The van der Waals surface area contributed by atoms with Crippen molar-refractivity contribution in [1.29, 1.82) is 0 Å². The summed E-state index contributed by atoms with van der Waals surface area (Å²) in [6, 6.07) is 10.2. The van der Waals surface area contributed by atoms with Crippen LogP contribution in [-0.4, -0.2) is 46.8 Å². The summed E-state index contributed by atoms with van der Waals surface area (Å²) in [5.74, 6) is 0.553. The number of ether oxygens (including phenoxy) is 2. The van der Waals surface area contributed by atoms with Gasteiger partial charge in [-0.1, -0.05) is 17.3 Å². The summed E-state index contributed by atoms with van der Waals surface area (Å²) in [7, 11) is 1.50. The van der Waals surface area contributed by atoms with Gasteiger partial charge in [-0.3, -0.25) is 9.51 Å². The van der Waals surface area contributed by atoms with Crippen LogP contribution in [0.25, 0.3) is 22.0 Å². The Morgan fingerprint density at radius 1 is 1.13 bits per heavy atom. The lowest BCUT2D eigenvalue weighted by molar-refractivity contribution is -0.137. The Hall–Kier alpha value is -3.64. The molecule has 0 radical (unpaired) electrons.